The molecule has 0 saturated carbocycles. The van der Waals surface area contributed by atoms with Crippen molar-refractivity contribution >= 4 is 22.0 Å². The molecule has 182 valence electrons. The molecular formula is C24H35N3O5S. The van der Waals surface area contributed by atoms with Crippen molar-refractivity contribution in [3.63, 3.8) is 0 Å². The molecule has 1 rings (SSSR count). The first-order chi connectivity index (χ1) is 15.3. The van der Waals surface area contributed by atoms with E-state index in [0.717, 1.165) is 4.31 Å². The lowest BCUT2D eigenvalue weighted by molar-refractivity contribution is -0.128. The van der Waals surface area contributed by atoms with Crippen molar-refractivity contribution in [1.82, 2.24) is 14.1 Å². The van der Waals surface area contributed by atoms with Crippen LogP contribution in [-0.4, -0.2) is 67.3 Å². The number of rotatable bonds is 8. The second-order valence-corrected chi connectivity index (χ2v) is 10.2. The average molecular weight is 478 g/mol. The van der Waals surface area contributed by atoms with E-state index in [2.05, 4.69) is 13.2 Å². The Hall–Kier alpha value is -2.91. The fraction of sp³-hybridized carbons (Fsp3) is 0.417. The van der Waals surface area contributed by atoms with Crippen LogP contribution in [0.3, 0.4) is 0 Å². The number of amides is 2. The Balaban J connectivity index is 3.48. The molecule has 1 aliphatic heterocycles. The SMILES string of the molecule is C=CC(/C=C/C(C)=C(\C=C)S(=O)(=O)N(C)C)=C\C1=CN(C(C)=O)[C@@H](C)CN1C(=O)OC(C)C. The molecule has 1 aliphatic rings. The topological polar surface area (TPSA) is 87.2 Å². The van der Waals surface area contributed by atoms with Gasteiger partial charge in [0.25, 0.3) is 0 Å². The number of ether oxygens (including phenoxy) is 1. The summed E-state index contributed by atoms with van der Waals surface area (Å²) >= 11 is 0. The van der Waals surface area contributed by atoms with Crippen molar-refractivity contribution in [1.29, 1.82) is 0 Å². The smallest absolute Gasteiger partial charge is 0.414 e. The van der Waals surface area contributed by atoms with Gasteiger partial charge in [0, 0.05) is 33.8 Å². The molecule has 0 aliphatic carbocycles. The predicted molar refractivity (Wildman–Crippen MR) is 131 cm³/mol. The van der Waals surface area contributed by atoms with Crippen LogP contribution in [0.2, 0.25) is 0 Å². The zero-order chi connectivity index (χ0) is 25.5. The highest BCUT2D eigenvalue weighted by molar-refractivity contribution is 7.93. The monoisotopic (exact) mass is 477 g/mol. The van der Waals surface area contributed by atoms with Gasteiger partial charge in [0.15, 0.2) is 0 Å². The standard InChI is InChI=1S/C24H35N3O5S/c1-10-21(13-12-18(5)23(11-2)33(30,31)25(8)9)14-22-16-26(20(7)28)19(6)15-27(22)24(29)32-17(3)4/h10-14,16-17,19H,1-2,15H2,3-9H3/b13-12+,21-14+,23-18+/t19-/m0/s1. The van der Waals surface area contributed by atoms with Gasteiger partial charge < -0.3 is 9.64 Å². The van der Waals surface area contributed by atoms with E-state index in [0.29, 0.717) is 16.8 Å². The maximum atomic E-state index is 12.7. The van der Waals surface area contributed by atoms with Crippen molar-refractivity contribution in [3.05, 3.63) is 71.5 Å². The zero-order valence-corrected chi connectivity index (χ0v) is 21.3. The quantitative estimate of drug-likeness (QED) is 0.494. The molecular weight excluding hydrogens is 442 g/mol. The largest absolute Gasteiger partial charge is 0.446 e. The highest BCUT2D eigenvalue weighted by Crippen LogP contribution is 2.23. The number of carbonyl (C=O) groups is 2. The third-order valence-electron chi connectivity index (χ3n) is 4.83. The Morgan fingerprint density at radius 3 is 2.24 bits per heavy atom. The maximum absolute atomic E-state index is 12.7. The minimum Gasteiger partial charge on any atom is -0.446 e. The molecule has 0 radical (unpaired) electrons. The van der Waals surface area contributed by atoms with Gasteiger partial charge in [-0.2, -0.15) is 0 Å². The molecule has 0 aromatic rings. The number of carbonyl (C=O) groups excluding carboxylic acids is 2. The van der Waals surface area contributed by atoms with Gasteiger partial charge in [0.05, 0.1) is 22.7 Å². The molecule has 0 aromatic heterocycles. The van der Waals surface area contributed by atoms with Crippen molar-refractivity contribution in [2.45, 2.75) is 46.8 Å². The van der Waals surface area contributed by atoms with Gasteiger partial charge in [0.2, 0.25) is 15.9 Å². The lowest BCUT2D eigenvalue weighted by Crippen LogP contribution is -2.48. The summed E-state index contributed by atoms with van der Waals surface area (Å²) in [7, 11) is -0.748. The summed E-state index contributed by atoms with van der Waals surface area (Å²) in [6.45, 7) is 16.2. The molecule has 0 spiro atoms. The molecule has 1 atom stereocenters. The summed E-state index contributed by atoms with van der Waals surface area (Å²) in [4.78, 5) is 27.8. The molecule has 0 fully saturated rings. The summed E-state index contributed by atoms with van der Waals surface area (Å²) in [5.74, 6) is -0.149. The summed E-state index contributed by atoms with van der Waals surface area (Å²) in [6, 6.07) is -0.223. The number of sulfonamides is 1. The molecule has 8 nitrogen and oxygen atoms in total. The van der Waals surface area contributed by atoms with E-state index in [9.17, 15) is 18.0 Å². The number of allylic oxidation sites excluding steroid dienone is 7. The molecule has 2 amide bonds. The Morgan fingerprint density at radius 2 is 1.79 bits per heavy atom. The van der Waals surface area contributed by atoms with Gasteiger partial charge in [-0.05, 0) is 51.0 Å². The Morgan fingerprint density at radius 1 is 1.18 bits per heavy atom. The third kappa shape index (κ3) is 7.30. The second-order valence-electron chi connectivity index (χ2n) is 8.09. The van der Waals surface area contributed by atoms with Gasteiger partial charge in [-0.1, -0.05) is 31.4 Å². The maximum Gasteiger partial charge on any atom is 0.414 e. The lowest BCUT2D eigenvalue weighted by Gasteiger charge is -2.37. The van der Waals surface area contributed by atoms with E-state index in [4.69, 9.17) is 4.74 Å². The van der Waals surface area contributed by atoms with Crippen molar-refractivity contribution < 1.29 is 22.7 Å². The molecule has 33 heavy (non-hydrogen) atoms. The first-order valence-corrected chi connectivity index (χ1v) is 12.0. The van der Waals surface area contributed by atoms with Crippen LogP contribution in [0.5, 0.6) is 0 Å². The van der Waals surface area contributed by atoms with Crippen LogP contribution < -0.4 is 0 Å². The van der Waals surface area contributed by atoms with Gasteiger partial charge in [-0.25, -0.2) is 17.5 Å². The van der Waals surface area contributed by atoms with E-state index in [1.165, 1.54) is 32.0 Å². The predicted octanol–water partition coefficient (Wildman–Crippen LogP) is 3.95. The molecule has 1 heterocycles. The fourth-order valence-corrected chi connectivity index (χ4v) is 4.15. The first-order valence-electron chi connectivity index (χ1n) is 10.5. The van der Waals surface area contributed by atoms with E-state index >= 15 is 0 Å². The summed E-state index contributed by atoms with van der Waals surface area (Å²) in [6.07, 6.45) is 8.66. The van der Waals surface area contributed by atoms with Crippen LogP contribution in [0.25, 0.3) is 0 Å². The number of nitrogens with zero attached hydrogens (tertiary/aromatic N) is 3. The summed E-state index contributed by atoms with van der Waals surface area (Å²) in [5.41, 5.74) is 1.55. The van der Waals surface area contributed by atoms with Crippen LogP contribution in [0.4, 0.5) is 4.79 Å². The van der Waals surface area contributed by atoms with Crippen LogP contribution in [-0.2, 0) is 19.6 Å². The van der Waals surface area contributed by atoms with Crippen LogP contribution in [0, 0.1) is 0 Å². The highest BCUT2D eigenvalue weighted by Gasteiger charge is 2.30. The van der Waals surface area contributed by atoms with Gasteiger partial charge in [-0.15, -0.1) is 0 Å². The molecule has 0 saturated heterocycles. The average Bonchev–Trinajstić information content (AvgIpc) is 2.71. The van der Waals surface area contributed by atoms with Crippen LogP contribution >= 0.6 is 0 Å². The fourth-order valence-electron chi connectivity index (χ4n) is 3.07. The zero-order valence-electron chi connectivity index (χ0n) is 20.5. The molecule has 0 N–H and O–H groups in total. The molecule has 0 bridgehead atoms. The first kappa shape index (κ1) is 28.1. The molecule has 0 aromatic carbocycles. The Labute approximate surface area is 197 Å². The highest BCUT2D eigenvalue weighted by atomic mass is 32.2. The van der Waals surface area contributed by atoms with Gasteiger partial charge >= 0.3 is 6.09 Å². The van der Waals surface area contributed by atoms with Crippen LogP contribution in [0.1, 0.15) is 34.6 Å². The van der Waals surface area contributed by atoms with Gasteiger partial charge in [-0.3, -0.25) is 9.69 Å². The lowest BCUT2D eigenvalue weighted by atomic mass is 10.1. The van der Waals surface area contributed by atoms with Crippen molar-refractivity contribution in [2.24, 2.45) is 0 Å². The minimum absolute atomic E-state index is 0.0859. The second kappa shape index (κ2) is 11.8. The normalized spacial score (nSPS) is 18.4. The van der Waals surface area contributed by atoms with E-state index < -0.39 is 16.1 Å². The van der Waals surface area contributed by atoms with Crippen molar-refractivity contribution in [2.75, 3.05) is 20.6 Å². The van der Waals surface area contributed by atoms with Crippen LogP contribution in [0.15, 0.2) is 71.5 Å². The van der Waals surface area contributed by atoms with Gasteiger partial charge in [0.1, 0.15) is 0 Å². The van der Waals surface area contributed by atoms with Crippen molar-refractivity contribution in [3.8, 4) is 0 Å². The Bertz CT molecular complexity index is 1020. The minimum atomic E-state index is -3.65. The molecule has 9 heteroatoms. The number of hydrogen-bond acceptors (Lipinski definition) is 5. The number of hydrogen-bond donors (Lipinski definition) is 0. The summed E-state index contributed by atoms with van der Waals surface area (Å²) in [5, 5.41) is 0. The van der Waals surface area contributed by atoms with E-state index in [-0.39, 0.29) is 29.5 Å². The third-order valence-corrected chi connectivity index (χ3v) is 6.84. The summed E-state index contributed by atoms with van der Waals surface area (Å²) < 4.78 is 31.5. The van der Waals surface area contributed by atoms with E-state index in [1.807, 2.05) is 6.92 Å². The van der Waals surface area contributed by atoms with E-state index in [1.54, 1.807) is 56.2 Å². The molecule has 0 unspecified atom stereocenters. The Kier molecular flexibility index (Phi) is 10.1.